The predicted octanol–water partition coefficient (Wildman–Crippen LogP) is 2.90. The Bertz CT molecular complexity index is 332. The molecular formula is C6H2BrF2NOS. The molecule has 0 unspecified atom stereocenters. The van der Waals surface area contributed by atoms with Gasteiger partial charge in [-0.2, -0.15) is 8.78 Å². The van der Waals surface area contributed by atoms with Crippen molar-refractivity contribution in [1.29, 1.82) is 0 Å². The van der Waals surface area contributed by atoms with Gasteiger partial charge in [0.25, 0.3) is 0 Å². The van der Waals surface area contributed by atoms with Gasteiger partial charge in [-0.3, -0.25) is 0 Å². The van der Waals surface area contributed by atoms with E-state index >= 15 is 0 Å². The lowest BCUT2D eigenvalue weighted by Gasteiger charge is -2.03. The van der Waals surface area contributed by atoms with Crippen molar-refractivity contribution in [3.8, 4) is 0 Å². The summed E-state index contributed by atoms with van der Waals surface area (Å²) >= 11 is 3.85. The minimum atomic E-state index is -3.45. The number of halogens is 3. The van der Waals surface area contributed by atoms with Gasteiger partial charge >= 0.3 is 6.05 Å². The first-order chi connectivity index (χ1) is 5.56. The normalized spacial score (nSPS) is 10.9. The van der Waals surface area contributed by atoms with Gasteiger partial charge < -0.3 is 0 Å². The second-order valence-electron chi connectivity index (χ2n) is 1.85. The summed E-state index contributed by atoms with van der Waals surface area (Å²) in [5.41, 5.74) is 0. The highest BCUT2D eigenvalue weighted by Gasteiger charge is 2.32. The largest absolute Gasteiger partial charge is 0.388 e. The molecule has 1 aromatic heterocycles. The Morgan fingerprint density at radius 3 is 2.67 bits per heavy atom. The Kier molecular flexibility index (Phi) is 2.72. The molecule has 0 radical (unpaired) electrons. The molecule has 0 amide bonds. The number of nitrogens with zero attached hydrogens (tertiary/aromatic N) is 1. The van der Waals surface area contributed by atoms with Crippen molar-refractivity contribution >= 4 is 33.3 Å². The third-order valence-corrected chi connectivity index (χ3v) is 2.74. The molecule has 0 aromatic carbocycles. The Balaban J connectivity index is 3.04. The molecule has 0 bridgehead atoms. The van der Waals surface area contributed by atoms with Gasteiger partial charge in [-0.05, 0) is 28.1 Å². The first-order valence-electron chi connectivity index (χ1n) is 2.79. The maximum Gasteiger partial charge on any atom is 0.388 e. The Hall–Kier alpha value is -0.580. The predicted molar refractivity (Wildman–Crippen MR) is 44.0 cm³/mol. The van der Waals surface area contributed by atoms with E-state index in [4.69, 9.17) is 0 Å². The summed E-state index contributed by atoms with van der Waals surface area (Å²) in [6.45, 7) is 0. The number of aliphatic imine (C=N–C) groups is 1. The van der Waals surface area contributed by atoms with E-state index in [1.165, 1.54) is 12.1 Å². The second-order valence-corrected chi connectivity index (χ2v) is 4.31. The van der Waals surface area contributed by atoms with Gasteiger partial charge in [0.05, 0.1) is 8.66 Å². The van der Waals surface area contributed by atoms with Gasteiger partial charge in [0.15, 0.2) is 0 Å². The van der Waals surface area contributed by atoms with Crippen LogP contribution in [0.25, 0.3) is 0 Å². The molecule has 0 aliphatic rings. The molecule has 2 nitrogen and oxygen atoms in total. The van der Waals surface area contributed by atoms with Crippen molar-refractivity contribution in [1.82, 2.24) is 0 Å². The standard InChI is InChI=1S/C6H2BrF2NOS/c7-5-2-1-4(12-5)6(8,9)10-3-11/h1-2H. The van der Waals surface area contributed by atoms with Crippen LogP contribution in [0.2, 0.25) is 0 Å². The van der Waals surface area contributed by atoms with Crippen LogP contribution in [0.4, 0.5) is 8.78 Å². The van der Waals surface area contributed by atoms with Crippen molar-refractivity contribution in [3.05, 3.63) is 20.8 Å². The summed E-state index contributed by atoms with van der Waals surface area (Å²) in [7, 11) is 0. The smallest absolute Gasteiger partial charge is 0.211 e. The topological polar surface area (TPSA) is 29.4 Å². The van der Waals surface area contributed by atoms with E-state index in [0.717, 1.165) is 17.4 Å². The van der Waals surface area contributed by atoms with Gasteiger partial charge in [-0.25, -0.2) is 4.79 Å². The molecule has 0 saturated carbocycles. The minimum Gasteiger partial charge on any atom is -0.211 e. The number of alkyl halides is 2. The van der Waals surface area contributed by atoms with Crippen LogP contribution >= 0.6 is 27.3 Å². The summed E-state index contributed by atoms with van der Waals surface area (Å²) in [5, 5.41) is 0. The number of thiophene rings is 1. The van der Waals surface area contributed by atoms with Gasteiger partial charge in [-0.15, -0.1) is 16.3 Å². The lowest BCUT2D eigenvalue weighted by atomic mass is 10.4. The zero-order valence-corrected chi connectivity index (χ0v) is 7.95. The lowest BCUT2D eigenvalue weighted by Crippen LogP contribution is -2.06. The van der Waals surface area contributed by atoms with Crippen molar-refractivity contribution in [2.45, 2.75) is 6.05 Å². The molecule has 0 fully saturated rings. The van der Waals surface area contributed by atoms with E-state index in [1.54, 1.807) is 0 Å². The Labute approximate surface area is 79.1 Å². The van der Waals surface area contributed by atoms with Crippen LogP contribution in [0.15, 0.2) is 20.9 Å². The minimum absolute atomic E-state index is 0.280. The van der Waals surface area contributed by atoms with Gasteiger partial charge in [0.2, 0.25) is 6.08 Å². The highest BCUT2D eigenvalue weighted by molar-refractivity contribution is 9.11. The lowest BCUT2D eigenvalue weighted by molar-refractivity contribution is 0.0102. The maximum absolute atomic E-state index is 12.7. The molecule has 0 atom stereocenters. The molecule has 0 saturated heterocycles. The number of hydrogen-bond donors (Lipinski definition) is 0. The van der Waals surface area contributed by atoms with E-state index in [1.807, 2.05) is 0 Å². The fourth-order valence-electron chi connectivity index (χ4n) is 0.588. The third-order valence-electron chi connectivity index (χ3n) is 1.06. The van der Waals surface area contributed by atoms with E-state index in [0.29, 0.717) is 3.79 Å². The number of rotatable bonds is 2. The summed E-state index contributed by atoms with van der Waals surface area (Å²) in [6.07, 6.45) is 0.832. The SMILES string of the molecule is O=C=NC(F)(F)c1ccc(Br)s1. The molecule has 1 aromatic rings. The number of hydrogen-bond acceptors (Lipinski definition) is 3. The Morgan fingerprint density at radius 2 is 2.25 bits per heavy atom. The van der Waals surface area contributed by atoms with Crippen molar-refractivity contribution in [3.63, 3.8) is 0 Å². The van der Waals surface area contributed by atoms with Crippen LogP contribution in [0.1, 0.15) is 4.88 Å². The maximum atomic E-state index is 12.7. The monoisotopic (exact) mass is 253 g/mol. The van der Waals surface area contributed by atoms with Crippen molar-refractivity contribution < 1.29 is 13.6 Å². The van der Waals surface area contributed by atoms with Crippen LogP contribution in [0.3, 0.4) is 0 Å². The zero-order valence-electron chi connectivity index (χ0n) is 5.55. The molecular weight excluding hydrogens is 252 g/mol. The first-order valence-corrected chi connectivity index (χ1v) is 4.40. The molecule has 0 aliphatic carbocycles. The zero-order chi connectivity index (χ0) is 9.19. The fraction of sp³-hybridized carbons (Fsp3) is 0.167. The average molecular weight is 254 g/mol. The summed E-state index contributed by atoms with van der Waals surface area (Å²) in [6, 6.07) is -0.776. The number of isocyanates is 1. The molecule has 6 heteroatoms. The van der Waals surface area contributed by atoms with Gasteiger partial charge in [0.1, 0.15) is 0 Å². The highest BCUT2D eigenvalue weighted by atomic mass is 79.9. The van der Waals surface area contributed by atoms with E-state index in [-0.39, 0.29) is 4.88 Å². The average Bonchev–Trinajstić information content (AvgIpc) is 2.36. The van der Waals surface area contributed by atoms with Crippen LogP contribution < -0.4 is 0 Å². The first kappa shape index (κ1) is 9.51. The molecule has 64 valence electrons. The van der Waals surface area contributed by atoms with Crippen molar-refractivity contribution in [2.75, 3.05) is 0 Å². The summed E-state index contributed by atoms with van der Waals surface area (Å²) in [5.74, 6) is 0. The van der Waals surface area contributed by atoms with E-state index < -0.39 is 6.05 Å². The quantitative estimate of drug-likeness (QED) is 0.453. The van der Waals surface area contributed by atoms with Crippen molar-refractivity contribution in [2.24, 2.45) is 4.99 Å². The van der Waals surface area contributed by atoms with Gasteiger partial charge in [-0.1, -0.05) is 0 Å². The molecule has 0 spiro atoms. The fourth-order valence-corrected chi connectivity index (χ4v) is 1.89. The van der Waals surface area contributed by atoms with Crippen LogP contribution in [-0.2, 0) is 10.8 Å². The molecule has 1 heterocycles. The molecule has 12 heavy (non-hydrogen) atoms. The van der Waals surface area contributed by atoms with E-state index in [2.05, 4.69) is 20.9 Å². The molecule has 0 N–H and O–H groups in total. The number of carbonyl (C=O) groups excluding carboxylic acids is 1. The Morgan fingerprint density at radius 1 is 1.58 bits per heavy atom. The summed E-state index contributed by atoms with van der Waals surface area (Å²) < 4.78 is 26.0. The second kappa shape index (κ2) is 3.43. The van der Waals surface area contributed by atoms with Crippen LogP contribution in [0, 0.1) is 0 Å². The third kappa shape index (κ3) is 1.97. The summed E-state index contributed by atoms with van der Waals surface area (Å²) in [4.78, 5) is 11.7. The molecule has 0 aliphatic heterocycles. The highest BCUT2D eigenvalue weighted by Crippen LogP contribution is 2.36. The van der Waals surface area contributed by atoms with Gasteiger partial charge in [0, 0.05) is 0 Å². The van der Waals surface area contributed by atoms with E-state index in [9.17, 15) is 13.6 Å². The van der Waals surface area contributed by atoms with Crippen LogP contribution in [-0.4, -0.2) is 6.08 Å². The molecule has 1 rings (SSSR count). The van der Waals surface area contributed by atoms with Crippen LogP contribution in [0.5, 0.6) is 0 Å².